The number of halogens is 4. The summed E-state index contributed by atoms with van der Waals surface area (Å²) in [5, 5.41) is 0. The van der Waals surface area contributed by atoms with Crippen molar-refractivity contribution in [3.63, 3.8) is 0 Å². The fraction of sp³-hybridized carbons (Fsp3) is 0.167. The number of pyridine rings is 1. The molecule has 0 aliphatic rings. The Hall–Kier alpha value is 0.0200. The number of aromatic nitrogens is 1. The highest BCUT2D eigenvalue weighted by atomic mass is 127. The average Bonchev–Trinajstić information content (AvgIpc) is 1.97. The first-order valence-electron chi connectivity index (χ1n) is 2.88. The molecule has 0 aromatic carbocycles. The van der Waals surface area contributed by atoms with Crippen LogP contribution in [0.4, 0.5) is 8.78 Å². The summed E-state index contributed by atoms with van der Waals surface area (Å²) in [5.74, 6) is 0. The number of aromatic amines is 1. The van der Waals surface area contributed by atoms with Gasteiger partial charge in [0.1, 0.15) is 0 Å². The van der Waals surface area contributed by atoms with E-state index in [1.807, 2.05) is 0 Å². The Labute approximate surface area is 88.6 Å². The Bertz CT molecular complexity index is 352. The number of H-pyrrole nitrogens is 1. The topological polar surface area (TPSA) is 32.9 Å². The highest BCUT2D eigenvalue weighted by Gasteiger charge is 2.17. The van der Waals surface area contributed by atoms with E-state index in [1.165, 1.54) is 6.20 Å². The van der Waals surface area contributed by atoms with Crippen LogP contribution in [0.5, 0.6) is 0 Å². The summed E-state index contributed by atoms with van der Waals surface area (Å²) in [4.78, 5) is 13.6. The van der Waals surface area contributed by atoms with Gasteiger partial charge in [0, 0.05) is 6.20 Å². The minimum absolute atomic E-state index is 0.0444. The summed E-state index contributed by atoms with van der Waals surface area (Å²) in [6, 6.07) is 0. The van der Waals surface area contributed by atoms with Crippen LogP contribution in [-0.2, 0) is 0 Å². The van der Waals surface area contributed by atoms with E-state index in [4.69, 9.17) is 0 Å². The van der Waals surface area contributed by atoms with Gasteiger partial charge in [-0.05, 0) is 38.5 Å². The van der Waals surface area contributed by atoms with Crippen molar-refractivity contribution in [2.75, 3.05) is 0 Å². The molecule has 0 aliphatic heterocycles. The summed E-state index contributed by atoms with van der Waals surface area (Å²) >= 11 is 4.54. The lowest BCUT2D eigenvalue weighted by atomic mass is 10.3. The van der Waals surface area contributed by atoms with Crippen LogP contribution in [-0.4, -0.2) is 4.98 Å². The van der Waals surface area contributed by atoms with Crippen LogP contribution in [0.3, 0.4) is 0 Å². The molecule has 66 valence electrons. The lowest BCUT2D eigenvalue weighted by Crippen LogP contribution is -2.14. The van der Waals surface area contributed by atoms with E-state index in [0.29, 0.717) is 0 Å². The zero-order valence-corrected chi connectivity index (χ0v) is 9.32. The second-order valence-corrected chi connectivity index (χ2v) is 3.95. The van der Waals surface area contributed by atoms with E-state index < -0.39 is 17.4 Å². The third kappa shape index (κ3) is 1.85. The first-order valence-corrected chi connectivity index (χ1v) is 4.76. The number of alkyl halides is 2. The number of hydrogen-bond donors (Lipinski definition) is 1. The van der Waals surface area contributed by atoms with Gasteiger partial charge in [0.15, 0.2) is 0 Å². The number of hydrogen-bond acceptors (Lipinski definition) is 1. The molecule has 0 spiro atoms. The van der Waals surface area contributed by atoms with Crippen LogP contribution < -0.4 is 5.43 Å². The summed E-state index contributed by atoms with van der Waals surface area (Å²) in [5.41, 5.74) is -1.14. The van der Waals surface area contributed by atoms with E-state index in [0.717, 1.165) is 0 Å². The monoisotopic (exact) mass is 349 g/mol. The molecule has 0 bridgehead atoms. The van der Waals surface area contributed by atoms with Gasteiger partial charge in [-0.15, -0.1) is 0 Å². The number of nitrogens with one attached hydrogen (secondary N) is 1. The second-order valence-electron chi connectivity index (χ2n) is 1.99. The van der Waals surface area contributed by atoms with E-state index in [1.54, 1.807) is 22.6 Å². The minimum Gasteiger partial charge on any atom is -0.354 e. The molecule has 6 heteroatoms. The van der Waals surface area contributed by atoms with Crippen molar-refractivity contribution < 1.29 is 8.78 Å². The Kier molecular flexibility index (Phi) is 3.22. The Balaban J connectivity index is 3.44. The predicted molar refractivity (Wildman–Crippen MR) is 52.4 cm³/mol. The molecule has 0 aliphatic carbocycles. The molecule has 1 heterocycles. The van der Waals surface area contributed by atoms with Crippen LogP contribution in [0.15, 0.2) is 15.6 Å². The van der Waals surface area contributed by atoms with Crippen molar-refractivity contribution in [2.24, 2.45) is 0 Å². The van der Waals surface area contributed by atoms with Crippen molar-refractivity contribution in [1.29, 1.82) is 0 Å². The molecule has 0 fully saturated rings. The maximum absolute atomic E-state index is 12.2. The van der Waals surface area contributed by atoms with E-state index >= 15 is 0 Å². The highest BCUT2D eigenvalue weighted by Crippen LogP contribution is 2.22. The van der Waals surface area contributed by atoms with Crippen molar-refractivity contribution in [3.05, 3.63) is 30.2 Å². The molecule has 1 rings (SSSR count). The molecular weight excluding hydrogens is 347 g/mol. The van der Waals surface area contributed by atoms with Gasteiger partial charge in [-0.2, -0.15) is 0 Å². The predicted octanol–water partition coefficient (Wildman–Crippen LogP) is 2.68. The van der Waals surface area contributed by atoms with Crippen LogP contribution in [0.25, 0.3) is 0 Å². The third-order valence-corrected chi connectivity index (χ3v) is 2.70. The zero-order valence-electron chi connectivity index (χ0n) is 5.57. The Morgan fingerprint density at radius 1 is 1.58 bits per heavy atom. The average molecular weight is 350 g/mol. The minimum atomic E-state index is -2.75. The molecule has 0 amide bonds. The summed E-state index contributed by atoms with van der Waals surface area (Å²) in [6.07, 6.45) is -1.38. The van der Waals surface area contributed by atoms with Crippen molar-refractivity contribution >= 4 is 38.5 Å². The molecule has 0 saturated carbocycles. The molecule has 1 aromatic heterocycles. The van der Waals surface area contributed by atoms with Gasteiger partial charge in [0.2, 0.25) is 5.43 Å². The van der Waals surface area contributed by atoms with Crippen LogP contribution in [0.1, 0.15) is 12.0 Å². The standard InChI is InChI=1S/C6H3BrF2INO/c7-5-3(6(8)9)4(12)2(10)1-11-5/h1,6H,(H,11,12). The van der Waals surface area contributed by atoms with Gasteiger partial charge in [-0.1, -0.05) is 0 Å². The normalized spacial score (nSPS) is 10.8. The molecule has 1 aromatic rings. The highest BCUT2D eigenvalue weighted by molar-refractivity contribution is 14.1. The van der Waals surface area contributed by atoms with Crippen LogP contribution in [0, 0.1) is 3.57 Å². The zero-order chi connectivity index (χ0) is 9.30. The van der Waals surface area contributed by atoms with Crippen LogP contribution >= 0.6 is 38.5 Å². The smallest absolute Gasteiger partial charge is 0.270 e. The van der Waals surface area contributed by atoms with Crippen LogP contribution in [0.2, 0.25) is 0 Å². The molecule has 0 radical (unpaired) electrons. The van der Waals surface area contributed by atoms with Gasteiger partial charge in [-0.25, -0.2) is 8.78 Å². The van der Waals surface area contributed by atoms with Crippen molar-refractivity contribution in [3.8, 4) is 0 Å². The first kappa shape index (κ1) is 10.1. The van der Waals surface area contributed by atoms with Gasteiger partial charge in [-0.3, -0.25) is 4.79 Å². The van der Waals surface area contributed by atoms with Crippen molar-refractivity contribution in [2.45, 2.75) is 6.43 Å². The molecule has 1 N–H and O–H groups in total. The lowest BCUT2D eigenvalue weighted by molar-refractivity contribution is 0.148. The Morgan fingerprint density at radius 3 is 2.58 bits per heavy atom. The fourth-order valence-electron chi connectivity index (χ4n) is 0.693. The largest absolute Gasteiger partial charge is 0.354 e. The second kappa shape index (κ2) is 3.82. The molecule has 2 nitrogen and oxygen atoms in total. The van der Waals surface area contributed by atoms with Gasteiger partial charge >= 0.3 is 0 Å². The third-order valence-electron chi connectivity index (χ3n) is 1.24. The maximum atomic E-state index is 12.2. The molecule has 12 heavy (non-hydrogen) atoms. The summed E-state index contributed by atoms with van der Waals surface area (Å²) in [6.45, 7) is 0. The van der Waals surface area contributed by atoms with Gasteiger partial charge in [0.25, 0.3) is 6.43 Å². The first-order chi connectivity index (χ1) is 5.54. The fourth-order valence-corrected chi connectivity index (χ4v) is 1.61. The Morgan fingerprint density at radius 2 is 2.17 bits per heavy atom. The van der Waals surface area contributed by atoms with Crippen molar-refractivity contribution in [1.82, 2.24) is 4.98 Å². The maximum Gasteiger partial charge on any atom is 0.270 e. The van der Waals surface area contributed by atoms with E-state index in [2.05, 4.69) is 20.9 Å². The van der Waals surface area contributed by atoms with E-state index in [-0.39, 0.29) is 8.17 Å². The summed E-state index contributed by atoms with van der Waals surface area (Å²) < 4.78 is 24.7. The van der Waals surface area contributed by atoms with Gasteiger partial charge in [0.05, 0.1) is 13.7 Å². The molecule has 0 saturated heterocycles. The molecule has 0 unspecified atom stereocenters. The summed E-state index contributed by atoms with van der Waals surface area (Å²) in [7, 11) is 0. The quantitative estimate of drug-likeness (QED) is 0.613. The SMILES string of the molecule is O=c1c(I)c[nH]c(Br)c1C(F)F. The lowest BCUT2D eigenvalue weighted by Gasteiger charge is -2.01. The van der Waals surface area contributed by atoms with Gasteiger partial charge < -0.3 is 4.98 Å². The number of rotatable bonds is 1. The molecule has 0 atom stereocenters. The van der Waals surface area contributed by atoms with E-state index in [9.17, 15) is 13.6 Å². The molecular formula is C6H3BrF2INO.